The Morgan fingerprint density at radius 1 is 1.58 bits per heavy atom. The molecule has 0 radical (unpaired) electrons. The van der Waals surface area contributed by atoms with E-state index >= 15 is 0 Å². The first kappa shape index (κ1) is 9.46. The van der Waals surface area contributed by atoms with Crippen LogP contribution in [0.15, 0.2) is 12.3 Å². The van der Waals surface area contributed by atoms with Crippen molar-refractivity contribution in [3.8, 4) is 0 Å². The van der Waals surface area contributed by atoms with Crippen molar-refractivity contribution < 1.29 is 0 Å². The molecule has 66 valence electrons. The minimum atomic E-state index is 0.424. The Balaban J connectivity index is 2.86. The van der Waals surface area contributed by atoms with E-state index in [4.69, 9.17) is 11.6 Å². The molecule has 1 heterocycles. The van der Waals surface area contributed by atoms with E-state index in [0.717, 1.165) is 17.9 Å². The molecule has 12 heavy (non-hydrogen) atoms. The molecule has 0 aliphatic carbocycles. The second-order valence-corrected chi connectivity index (χ2v) is 3.12. The topological polar surface area (TPSA) is 25.8 Å². The minimum absolute atomic E-state index is 0.424. The Hall–Kier alpha value is -0.630. The molecule has 3 heteroatoms. The van der Waals surface area contributed by atoms with Crippen LogP contribution < -0.4 is 0 Å². The standard InChI is InChI=1S/C9H13ClN2/c1-3-7(2)9-11-5-4-8(6-10)12-9/h4-5,7H,3,6H2,1-2H3. The highest BCUT2D eigenvalue weighted by molar-refractivity contribution is 6.16. The van der Waals surface area contributed by atoms with Crippen molar-refractivity contribution in [1.82, 2.24) is 9.97 Å². The lowest BCUT2D eigenvalue weighted by atomic mass is 10.1. The molecule has 2 nitrogen and oxygen atoms in total. The largest absolute Gasteiger partial charge is 0.241 e. The number of nitrogens with zero attached hydrogens (tertiary/aromatic N) is 2. The average molecular weight is 185 g/mol. The summed E-state index contributed by atoms with van der Waals surface area (Å²) < 4.78 is 0. The first-order chi connectivity index (χ1) is 5.77. The molecule has 0 N–H and O–H groups in total. The van der Waals surface area contributed by atoms with Gasteiger partial charge in [0.25, 0.3) is 0 Å². The summed E-state index contributed by atoms with van der Waals surface area (Å²) in [5.74, 6) is 1.79. The van der Waals surface area contributed by atoms with Crippen LogP contribution in [0.3, 0.4) is 0 Å². The van der Waals surface area contributed by atoms with Crippen LogP contribution in [0.2, 0.25) is 0 Å². The van der Waals surface area contributed by atoms with Crippen LogP contribution in [0, 0.1) is 0 Å². The fourth-order valence-electron chi connectivity index (χ4n) is 0.907. The molecule has 1 unspecified atom stereocenters. The van der Waals surface area contributed by atoms with E-state index in [1.807, 2.05) is 6.07 Å². The first-order valence-corrected chi connectivity index (χ1v) is 4.69. The summed E-state index contributed by atoms with van der Waals surface area (Å²) in [5.41, 5.74) is 0.905. The number of aromatic nitrogens is 2. The van der Waals surface area contributed by atoms with Gasteiger partial charge in [-0.3, -0.25) is 0 Å². The zero-order valence-electron chi connectivity index (χ0n) is 7.42. The number of hydrogen-bond donors (Lipinski definition) is 0. The van der Waals surface area contributed by atoms with Crippen molar-refractivity contribution in [2.24, 2.45) is 0 Å². The fraction of sp³-hybridized carbons (Fsp3) is 0.556. The highest BCUT2D eigenvalue weighted by Gasteiger charge is 2.05. The van der Waals surface area contributed by atoms with Gasteiger partial charge in [0, 0.05) is 12.1 Å². The minimum Gasteiger partial charge on any atom is -0.241 e. The van der Waals surface area contributed by atoms with Crippen molar-refractivity contribution in [2.45, 2.75) is 32.1 Å². The molecule has 0 saturated heterocycles. The van der Waals surface area contributed by atoms with Gasteiger partial charge in [-0.15, -0.1) is 11.6 Å². The Labute approximate surface area is 78.0 Å². The lowest BCUT2D eigenvalue weighted by Gasteiger charge is -2.06. The quantitative estimate of drug-likeness (QED) is 0.676. The number of hydrogen-bond acceptors (Lipinski definition) is 2. The van der Waals surface area contributed by atoms with Crippen LogP contribution in [-0.4, -0.2) is 9.97 Å². The van der Waals surface area contributed by atoms with E-state index in [2.05, 4.69) is 23.8 Å². The summed E-state index contributed by atoms with van der Waals surface area (Å²) in [4.78, 5) is 8.51. The Bertz CT molecular complexity index is 250. The van der Waals surface area contributed by atoms with E-state index in [0.29, 0.717) is 11.8 Å². The zero-order valence-corrected chi connectivity index (χ0v) is 8.17. The molecule has 0 bridgehead atoms. The molecule has 1 aromatic heterocycles. The summed E-state index contributed by atoms with van der Waals surface area (Å²) in [6, 6.07) is 1.85. The predicted octanol–water partition coefficient (Wildman–Crippen LogP) is 2.73. The van der Waals surface area contributed by atoms with Gasteiger partial charge in [0.15, 0.2) is 0 Å². The lowest BCUT2D eigenvalue weighted by molar-refractivity contribution is 0.673. The second-order valence-electron chi connectivity index (χ2n) is 2.85. The van der Waals surface area contributed by atoms with Crippen molar-refractivity contribution in [1.29, 1.82) is 0 Å². The molecule has 1 atom stereocenters. The smallest absolute Gasteiger partial charge is 0.131 e. The Morgan fingerprint density at radius 3 is 2.92 bits per heavy atom. The van der Waals surface area contributed by atoms with Crippen LogP contribution in [-0.2, 0) is 5.88 Å². The SMILES string of the molecule is CCC(C)c1nccc(CCl)n1. The molecule has 0 fully saturated rings. The van der Waals surface area contributed by atoms with Crippen LogP contribution in [0.5, 0.6) is 0 Å². The third-order valence-corrected chi connectivity index (χ3v) is 2.20. The summed E-state index contributed by atoms with van der Waals surface area (Å²) in [5, 5.41) is 0. The maximum Gasteiger partial charge on any atom is 0.131 e. The van der Waals surface area contributed by atoms with Gasteiger partial charge in [0.1, 0.15) is 5.82 Å². The predicted molar refractivity (Wildman–Crippen MR) is 50.3 cm³/mol. The van der Waals surface area contributed by atoms with E-state index < -0.39 is 0 Å². The number of alkyl halides is 1. The molecule has 0 saturated carbocycles. The van der Waals surface area contributed by atoms with Crippen molar-refractivity contribution in [3.63, 3.8) is 0 Å². The van der Waals surface area contributed by atoms with E-state index in [-0.39, 0.29) is 0 Å². The number of halogens is 1. The molecule has 0 aliphatic rings. The highest BCUT2D eigenvalue weighted by atomic mass is 35.5. The Kier molecular flexibility index (Phi) is 3.48. The molecule has 0 amide bonds. The summed E-state index contributed by atoms with van der Waals surface area (Å²) in [7, 11) is 0. The molecule has 1 rings (SSSR count). The zero-order chi connectivity index (χ0) is 8.97. The van der Waals surface area contributed by atoms with Gasteiger partial charge in [0.05, 0.1) is 11.6 Å². The van der Waals surface area contributed by atoms with Crippen molar-refractivity contribution >= 4 is 11.6 Å². The van der Waals surface area contributed by atoms with Gasteiger partial charge >= 0.3 is 0 Å². The van der Waals surface area contributed by atoms with Crippen LogP contribution in [0.25, 0.3) is 0 Å². The van der Waals surface area contributed by atoms with E-state index in [9.17, 15) is 0 Å². The first-order valence-electron chi connectivity index (χ1n) is 4.15. The average Bonchev–Trinajstić information content (AvgIpc) is 2.17. The lowest BCUT2D eigenvalue weighted by Crippen LogP contribution is -2.01. The van der Waals surface area contributed by atoms with Crippen LogP contribution >= 0.6 is 11.6 Å². The molecule has 1 aromatic rings. The third kappa shape index (κ3) is 2.18. The van der Waals surface area contributed by atoms with Crippen molar-refractivity contribution in [2.75, 3.05) is 0 Å². The second kappa shape index (κ2) is 4.41. The molecule has 0 aliphatic heterocycles. The molecular weight excluding hydrogens is 172 g/mol. The highest BCUT2D eigenvalue weighted by Crippen LogP contribution is 2.13. The van der Waals surface area contributed by atoms with Crippen molar-refractivity contribution in [3.05, 3.63) is 23.8 Å². The number of rotatable bonds is 3. The van der Waals surface area contributed by atoms with Gasteiger partial charge in [-0.2, -0.15) is 0 Å². The third-order valence-electron chi connectivity index (χ3n) is 1.92. The summed E-state index contributed by atoms with van der Waals surface area (Å²) >= 11 is 5.66. The van der Waals surface area contributed by atoms with Crippen LogP contribution in [0.1, 0.15) is 37.7 Å². The maximum absolute atomic E-state index is 5.66. The fourth-order valence-corrected chi connectivity index (χ4v) is 1.06. The van der Waals surface area contributed by atoms with Gasteiger partial charge in [-0.05, 0) is 12.5 Å². The summed E-state index contributed by atoms with van der Waals surface area (Å²) in [6.45, 7) is 4.24. The Morgan fingerprint density at radius 2 is 2.33 bits per heavy atom. The normalized spacial score (nSPS) is 12.9. The summed E-state index contributed by atoms with van der Waals surface area (Å²) in [6.07, 6.45) is 2.83. The maximum atomic E-state index is 5.66. The molecule has 0 spiro atoms. The van der Waals surface area contributed by atoms with Gasteiger partial charge in [-0.25, -0.2) is 9.97 Å². The van der Waals surface area contributed by atoms with E-state index in [1.165, 1.54) is 0 Å². The van der Waals surface area contributed by atoms with Gasteiger partial charge < -0.3 is 0 Å². The van der Waals surface area contributed by atoms with Crippen LogP contribution in [0.4, 0.5) is 0 Å². The van der Waals surface area contributed by atoms with Gasteiger partial charge in [0.2, 0.25) is 0 Å². The monoisotopic (exact) mass is 184 g/mol. The molecular formula is C9H13ClN2. The van der Waals surface area contributed by atoms with E-state index in [1.54, 1.807) is 6.20 Å². The molecule has 0 aromatic carbocycles. The van der Waals surface area contributed by atoms with Gasteiger partial charge in [-0.1, -0.05) is 13.8 Å².